The van der Waals surface area contributed by atoms with E-state index in [9.17, 15) is 13.6 Å². The van der Waals surface area contributed by atoms with Crippen LogP contribution in [-0.4, -0.2) is 46.5 Å². The first-order valence-corrected chi connectivity index (χ1v) is 10.4. The van der Waals surface area contributed by atoms with Crippen LogP contribution in [0, 0.1) is 30.4 Å². The van der Waals surface area contributed by atoms with Crippen molar-refractivity contribution in [1.29, 1.82) is 0 Å². The van der Waals surface area contributed by atoms with Crippen LogP contribution >= 0.6 is 0 Å². The molecule has 4 heterocycles. The van der Waals surface area contributed by atoms with Gasteiger partial charge in [-0.25, -0.2) is 8.78 Å². The summed E-state index contributed by atoms with van der Waals surface area (Å²) in [7, 11) is 0. The summed E-state index contributed by atoms with van der Waals surface area (Å²) >= 11 is 0. The fraction of sp³-hybridized carbons (Fsp3) is 0.545. The van der Waals surface area contributed by atoms with E-state index in [0.717, 1.165) is 43.9 Å². The first-order valence-electron chi connectivity index (χ1n) is 10.4. The van der Waals surface area contributed by atoms with E-state index in [1.54, 1.807) is 13.0 Å². The summed E-state index contributed by atoms with van der Waals surface area (Å²) in [6.45, 7) is 4.02. The van der Waals surface area contributed by atoms with E-state index in [-0.39, 0.29) is 11.9 Å². The van der Waals surface area contributed by atoms with Gasteiger partial charge < -0.3 is 9.42 Å². The van der Waals surface area contributed by atoms with Crippen LogP contribution in [0.25, 0.3) is 0 Å². The van der Waals surface area contributed by atoms with Gasteiger partial charge in [-0.1, -0.05) is 5.16 Å². The quantitative estimate of drug-likeness (QED) is 0.765. The second-order valence-corrected chi connectivity index (χ2v) is 8.81. The SMILES string of the molecule is Cc1cc(C(=O)N2C[C@@H]3C[C@H](C2)[C@@H]2CCC[C@H](c4cc(F)cc(F)c4)N2C3)no1. The number of carbonyl (C=O) groups excluding carboxylic acids is 1. The number of likely N-dealkylation sites (tertiary alicyclic amines) is 1. The second-order valence-electron chi connectivity index (χ2n) is 8.81. The normalized spacial score (nSPS) is 29.6. The van der Waals surface area contributed by atoms with Crippen molar-refractivity contribution in [2.45, 2.75) is 44.7 Å². The predicted octanol–water partition coefficient (Wildman–Crippen LogP) is 3.95. The van der Waals surface area contributed by atoms with Gasteiger partial charge in [0, 0.05) is 43.9 Å². The lowest BCUT2D eigenvalue weighted by Gasteiger charge is -2.55. The van der Waals surface area contributed by atoms with Crippen LogP contribution in [0.1, 0.15) is 53.5 Å². The summed E-state index contributed by atoms with van der Waals surface area (Å²) in [6.07, 6.45) is 4.12. The van der Waals surface area contributed by atoms with Crippen molar-refractivity contribution >= 4 is 5.91 Å². The summed E-state index contributed by atoms with van der Waals surface area (Å²) in [5.41, 5.74) is 1.11. The van der Waals surface area contributed by atoms with Crippen molar-refractivity contribution in [2.24, 2.45) is 11.8 Å². The Balaban J connectivity index is 1.37. The molecule has 0 spiro atoms. The number of halogens is 2. The minimum absolute atomic E-state index is 0.0460. The van der Waals surface area contributed by atoms with Crippen LogP contribution in [0.4, 0.5) is 8.78 Å². The fourth-order valence-electron chi connectivity index (χ4n) is 5.73. The van der Waals surface area contributed by atoms with Gasteiger partial charge in [-0.05, 0) is 62.1 Å². The zero-order chi connectivity index (χ0) is 20.1. The third-order valence-electron chi connectivity index (χ3n) is 6.79. The molecule has 1 aromatic carbocycles. The fourth-order valence-corrected chi connectivity index (χ4v) is 5.73. The van der Waals surface area contributed by atoms with Gasteiger partial charge in [-0.3, -0.25) is 9.69 Å². The number of hydrogen-bond donors (Lipinski definition) is 0. The Morgan fingerprint density at radius 2 is 1.90 bits per heavy atom. The average Bonchev–Trinajstić information content (AvgIpc) is 3.12. The molecule has 3 saturated heterocycles. The molecule has 0 N–H and O–H groups in total. The van der Waals surface area contributed by atoms with Gasteiger partial charge in [0.2, 0.25) is 0 Å². The predicted molar refractivity (Wildman–Crippen MR) is 102 cm³/mol. The lowest BCUT2D eigenvalue weighted by Crippen LogP contribution is -2.60. The molecule has 3 aliphatic rings. The molecule has 2 aromatic rings. The highest BCUT2D eigenvalue weighted by atomic mass is 19.1. The highest BCUT2D eigenvalue weighted by molar-refractivity contribution is 5.92. The Kier molecular flexibility index (Phi) is 4.65. The molecule has 0 unspecified atom stereocenters. The number of carbonyl (C=O) groups is 1. The number of aryl methyl sites for hydroxylation is 1. The minimum atomic E-state index is -0.515. The van der Waals surface area contributed by atoms with Crippen LogP contribution in [-0.2, 0) is 0 Å². The summed E-state index contributed by atoms with van der Waals surface area (Å²) in [5.74, 6) is 0.276. The topological polar surface area (TPSA) is 49.6 Å². The molecule has 2 bridgehead atoms. The first kappa shape index (κ1) is 18.7. The third kappa shape index (κ3) is 3.45. The standard InChI is InChI=1S/C22H25F2N3O2/c1-13-5-19(25-29-13)22(28)26-10-14-6-16(12-26)21-4-2-3-20(27(21)11-14)15-7-17(23)9-18(24)8-15/h5,7-9,14,16,20-21H,2-4,6,10-12H2,1H3/t14-,16+,20+,21-/m0/s1. The molecule has 7 heteroatoms. The van der Waals surface area contributed by atoms with E-state index in [2.05, 4.69) is 10.1 Å². The summed E-state index contributed by atoms with van der Waals surface area (Å²) in [5, 5.41) is 3.89. The molecule has 0 saturated carbocycles. The van der Waals surface area contributed by atoms with Crippen LogP contribution in [0.15, 0.2) is 28.8 Å². The molecule has 5 nitrogen and oxygen atoms in total. The maximum atomic E-state index is 13.8. The highest BCUT2D eigenvalue weighted by Crippen LogP contribution is 2.44. The van der Waals surface area contributed by atoms with Crippen molar-refractivity contribution in [3.05, 3.63) is 52.9 Å². The Hall–Kier alpha value is -2.28. The van der Waals surface area contributed by atoms with Gasteiger partial charge in [0.1, 0.15) is 17.4 Å². The Morgan fingerprint density at radius 3 is 2.62 bits per heavy atom. The van der Waals surface area contributed by atoms with Crippen molar-refractivity contribution in [2.75, 3.05) is 19.6 Å². The molecular formula is C22H25F2N3O2. The number of hydrogen-bond acceptors (Lipinski definition) is 4. The summed E-state index contributed by atoms with van der Waals surface area (Å²) in [6, 6.07) is 5.96. The number of rotatable bonds is 2. The Morgan fingerprint density at radius 1 is 1.10 bits per heavy atom. The monoisotopic (exact) mass is 401 g/mol. The third-order valence-corrected chi connectivity index (χ3v) is 6.79. The number of aromatic nitrogens is 1. The van der Waals surface area contributed by atoms with E-state index < -0.39 is 11.6 Å². The van der Waals surface area contributed by atoms with Gasteiger partial charge in [-0.15, -0.1) is 0 Å². The molecule has 1 amide bonds. The zero-order valence-corrected chi connectivity index (χ0v) is 16.5. The van der Waals surface area contributed by atoms with E-state index in [4.69, 9.17) is 4.52 Å². The molecule has 1 aromatic heterocycles. The molecule has 29 heavy (non-hydrogen) atoms. The van der Waals surface area contributed by atoms with Crippen molar-refractivity contribution in [1.82, 2.24) is 15.0 Å². The van der Waals surface area contributed by atoms with E-state index in [0.29, 0.717) is 42.4 Å². The van der Waals surface area contributed by atoms with Crippen molar-refractivity contribution in [3.63, 3.8) is 0 Å². The lowest BCUT2D eigenvalue weighted by molar-refractivity contribution is -0.0514. The number of fused-ring (bicyclic) bond motifs is 4. The smallest absolute Gasteiger partial charge is 0.276 e. The number of amides is 1. The van der Waals surface area contributed by atoms with Crippen molar-refractivity contribution in [3.8, 4) is 0 Å². The number of piperidine rings is 3. The highest BCUT2D eigenvalue weighted by Gasteiger charge is 2.46. The van der Waals surface area contributed by atoms with Crippen LogP contribution in [0.3, 0.4) is 0 Å². The van der Waals surface area contributed by atoms with E-state index >= 15 is 0 Å². The van der Waals surface area contributed by atoms with Gasteiger partial charge in [0.05, 0.1) is 0 Å². The molecule has 4 atom stereocenters. The minimum Gasteiger partial charge on any atom is -0.361 e. The molecule has 3 fully saturated rings. The summed E-state index contributed by atoms with van der Waals surface area (Å²) < 4.78 is 32.7. The van der Waals surface area contributed by atoms with Gasteiger partial charge in [0.25, 0.3) is 5.91 Å². The largest absolute Gasteiger partial charge is 0.361 e. The van der Waals surface area contributed by atoms with Gasteiger partial charge in [-0.2, -0.15) is 0 Å². The van der Waals surface area contributed by atoms with Gasteiger partial charge >= 0.3 is 0 Å². The molecular weight excluding hydrogens is 376 g/mol. The maximum absolute atomic E-state index is 13.8. The van der Waals surface area contributed by atoms with E-state index in [1.165, 1.54) is 12.1 Å². The molecule has 154 valence electrons. The first-order chi connectivity index (χ1) is 14.0. The van der Waals surface area contributed by atoms with Crippen LogP contribution in [0.2, 0.25) is 0 Å². The average molecular weight is 401 g/mol. The Bertz CT molecular complexity index is 910. The van der Waals surface area contributed by atoms with Crippen molar-refractivity contribution < 1.29 is 18.1 Å². The number of nitrogens with zero attached hydrogens (tertiary/aromatic N) is 3. The zero-order valence-electron chi connectivity index (χ0n) is 16.5. The van der Waals surface area contributed by atoms with Crippen LogP contribution in [0.5, 0.6) is 0 Å². The lowest BCUT2D eigenvalue weighted by atomic mass is 9.74. The maximum Gasteiger partial charge on any atom is 0.276 e. The molecule has 5 rings (SSSR count). The number of benzene rings is 1. The molecule has 3 aliphatic heterocycles. The van der Waals surface area contributed by atoms with Gasteiger partial charge in [0.15, 0.2) is 5.69 Å². The van der Waals surface area contributed by atoms with E-state index in [1.807, 2.05) is 4.90 Å². The summed E-state index contributed by atoms with van der Waals surface area (Å²) in [4.78, 5) is 17.2. The Labute approximate surface area is 168 Å². The molecule has 0 radical (unpaired) electrons. The second kappa shape index (κ2) is 7.20. The van der Waals surface area contributed by atoms with Crippen LogP contribution < -0.4 is 0 Å². The molecule has 0 aliphatic carbocycles.